The molecular weight excluding hydrogens is 496 g/mol. The summed E-state index contributed by atoms with van der Waals surface area (Å²) >= 11 is 1.45. The normalized spacial score (nSPS) is 17.9. The third-order valence-electron chi connectivity index (χ3n) is 7.29. The molecule has 1 unspecified atom stereocenters. The summed E-state index contributed by atoms with van der Waals surface area (Å²) in [6.07, 6.45) is 1.36. The summed E-state index contributed by atoms with van der Waals surface area (Å²) in [7, 11) is 2.07. The highest BCUT2D eigenvalue weighted by Gasteiger charge is 2.32. The molecule has 1 atom stereocenters. The fraction of sp³-hybridized carbons (Fsp3) is 0.433. The first-order valence-electron chi connectivity index (χ1n) is 13.4. The van der Waals surface area contributed by atoms with E-state index in [-0.39, 0.29) is 17.9 Å². The van der Waals surface area contributed by atoms with E-state index in [1.807, 2.05) is 39.4 Å². The number of likely N-dealkylation sites (N-methyl/N-ethyl adjacent to an activating group) is 1. The molecule has 1 saturated heterocycles. The molecule has 5 rings (SSSR count). The maximum Gasteiger partial charge on any atom is 0.273 e. The van der Waals surface area contributed by atoms with Crippen molar-refractivity contribution < 1.29 is 14.3 Å². The van der Waals surface area contributed by atoms with Gasteiger partial charge < -0.3 is 19.4 Å². The van der Waals surface area contributed by atoms with E-state index in [9.17, 15) is 9.59 Å². The standard InChI is InChI=1S/C30H36N4O3S/c1-21(2)17-28(35)34-12-11-22-9-10-24(18-25(22)29(34)23-7-5-4-6-8-23)37-19-27-31-26(20-38-27)30(36)33-15-13-32(3)14-16-33/h4-10,18,20-21,29H,11-17,19H2,1-3H3. The molecule has 2 aliphatic rings. The molecule has 38 heavy (non-hydrogen) atoms. The van der Waals surface area contributed by atoms with Gasteiger partial charge in [-0.25, -0.2) is 4.98 Å². The Kier molecular flexibility index (Phi) is 8.09. The van der Waals surface area contributed by atoms with Crippen LogP contribution in [0.25, 0.3) is 0 Å². The number of carbonyl (C=O) groups excluding carboxylic acids is 2. The third-order valence-corrected chi connectivity index (χ3v) is 8.11. The van der Waals surface area contributed by atoms with Crippen LogP contribution in [0.15, 0.2) is 53.9 Å². The summed E-state index contributed by atoms with van der Waals surface area (Å²) in [5, 5.41) is 2.60. The van der Waals surface area contributed by atoms with Gasteiger partial charge in [0.05, 0.1) is 6.04 Å². The number of amides is 2. The van der Waals surface area contributed by atoms with Gasteiger partial charge in [0.15, 0.2) is 0 Å². The molecule has 0 N–H and O–H groups in total. The molecule has 2 amide bonds. The lowest BCUT2D eigenvalue weighted by Crippen LogP contribution is -2.47. The van der Waals surface area contributed by atoms with Gasteiger partial charge in [0, 0.05) is 44.5 Å². The molecule has 3 aromatic rings. The molecule has 0 radical (unpaired) electrons. The van der Waals surface area contributed by atoms with Crippen LogP contribution in [0.5, 0.6) is 5.75 Å². The predicted octanol–water partition coefficient (Wildman–Crippen LogP) is 4.63. The smallest absolute Gasteiger partial charge is 0.273 e. The number of ether oxygens (including phenoxy) is 1. The van der Waals surface area contributed by atoms with Crippen molar-refractivity contribution in [2.75, 3.05) is 39.8 Å². The number of piperazine rings is 1. The summed E-state index contributed by atoms with van der Waals surface area (Å²) < 4.78 is 6.17. The maximum atomic E-state index is 13.2. The van der Waals surface area contributed by atoms with Crippen LogP contribution < -0.4 is 4.74 Å². The van der Waals surface area contributed by atoms with Crippen molar-refractivity contribution >= 4 is 23.2 Å². The van der Waals surface area contributed by atoms with Crippen molar-refractivity contribution in [2.24, 2.45) is 5.92 Å². The molecule has 200 valence electrons. The van der Waals surface area contributed by atoms with Gasteiger partial charge in [-0.2, -0.15) is 0 Å². The monoisotopic (exact) mass is 532 g/mol. The number of aromatic nitrogens is 1. The van der Waals surface area contributed by atoms with Crippen molar-refractivity contribution in [3.63, 3.8) is 0 Å². The van der Waals surface area contributed by atoms with Gasteiger partial charge in [0.1, 0.15) is 23.1 Å². The van der Waals surface area contributed by atoms with Gasteiger partial charge in [-0.1, -0.05) is 50.2 Å². The summed E-state index contributed by atoms with van der Waals surface area (Å²) in [5.41, 5.74) is 3.96. The Morgan fingerprint density at radius 2 is 1.82 bits per heavy atom. The van der Waals surface area contributed by atoms with Crippen LogP contribution in [0.2, 0.25) is 0 Å². The maximum absolute atomic E-state index is 13.2. The van der Waals surface area contributed by atoms with Crippen LogP contribution in [0.1, 0.15) is 58.5 Å². The molecule has 0 aliphatic carbocycles. The van der Waals surface area contributed by atoms with Crippen LogP contribution in [0.4, 0.5) is 0 Å². The first kappa shape index (κ1) is 26.4. The summed E-state index contributed by atoms with van der Waals surface area (Å²) in [4.78, 5) is 36.8. The fourth-order valence-corrected chi connectivity index (χ4v) is 5.88. The minimum absolute atomic E-state index is 0.00811. The van der Waals surface area contributed by atoms with Crippen LogP contribution in [-0.2, 0) is 17.8 Å². The van der Waals surface area contributed by atoms with Gasteiger partial charge in [0.25, 0.3) is 5.91 Å². The highest BCUT2D eigenvalue weighted by atomic mass is 32.1. The van der Waals surface area contributed by atoms with Gasteiger partial charge >= 0.3 is 0 Å². The Labute approximate surface area is 229 Å². The molecule has 7 nitrogen and oxygen atoms in total. The number of thiazole rings is 1. The summed E-state index contributed by atoms with van der Waals surface area (Å²) in [6, 6.07) is 16.3. The lowest BCUT2D eigenvalue weighted by molar-refractivity contribution is -0.134. The molecule has 2 aromatic carbocycles. The van der Waals surface area contributed by atoms with E-state index in [2.05, 4.69) is 55.0 Å². The van der Waals surface area contributed by atoms with E-state index in [0.29, 0.717) is 31.2 Å². The highest BCUT2D eigenvalue weighted by Crippen LogP contribution is 2.38. The Morgan fingerprint density at radius 1 is 1.05 bits per heavy atom. The minimum atomic E-state index is -0.137. The number of hydrogen-bond donors (Lipinski definition) is 0. The van der Waals surface area contributed by atoms with Crippen molar-refractivity contribution in [1.82, 2.24) is 19.7 Å². The molecule has 0 saturated carbocycles. The Hall–Kier alpha value is -3.23. The number of rotatable bonds is 7. The molecule has 8 heteroatoms. The number of benzene rings is 2. The zero-order chi connectivity index (χ0) is 26.6. The molecule has 1 aromatic heterocycles. The second kappa shape index (κ2) is 11.7. The van der Waals surface area contributed by atoms with Crippen LogP contribution in [-0.4, -0.2) is 71.3 Å². The van der Waals surface area contributed by atoms with E-state index in [0.717, 1.165) is 54.5 Å². The molecule has 0 bridgehead atoms. The summed E-state index contributed by atoms with van der Waals surface area (Å²) in [6.45, 7) is 8.40. The zero-order valence-corrected chi connectivity index (χ0v) is 23.2. The van der Waals surface area contributed by atoms with E-state index >= 15 is 0 Å². The van der Waals surface area contributed by atoms with E-state index < -0.39 is 0 Å². The first-order chi connectivity index (χ1) is 18.4. The third kappa shape index (κ3) is 5.92. The minimum Gasteiger partial charge on any atom is -0.486 e. The van der Waals surface area contributed by atoms with Crippen LogP contribution >= 0.6 is 11.3 Å². The van der Waals surface area contributed by atoms with Crippen molar-refractivity contribution in [3.05, 3.63) is 81.3 Å². The number of carbonyl (C=O) groups is 2. The van der Waals surface area contributed by atoms with Crippen LogP contribution in [0.3, 0.4) is 0 Å². The van der Waals surface area contributed by atoms with Crippen molar-refractivity contribution in [1.29, 1.82) is 0 Å². The average Bonchev–Trinajstić information content (AvgIpc) is 3.40. The van der Waals surface area contributed by atoms with E-state index in [4.69, 9.17) is 4.74 Å². The lowest BCUT2D eigenvalue weighted by Gasteiger charge is -2.38. The van der Waals surface area contributed by atoms with Crippen molar-refractivity contribution in [2.45, 2.75) is 39.3 Å². The Bertz CT molecular complexity index is 1270. The van der Waals surface area contributed by atoms with E-state index in [1.165, 1.54) is 16.9 Å². The van der Waals surface area contributed by atoms with Gasteiger partial charge in [0.2, 0.25) is 5.91 Å². The molecule has 0 spiro atoms. The molecule has 1 fully saturated rings. The number of fused-ring (bicyclic) bond motifs is 1. The molecule has 3 heterocycles. The molecule has 2 aliphatic heterocycles. The predicted molar refractivity (Wildman–Crippen MR) is 149 cm³/mol. The Morgan fingerprint density at radius 3 is 2.55 bits per heavy atom. The van der Waals surface area contributed by atoms with Crippen LogP contribution in [0, 0.1) is 5.92 Å². The van der Waals surface area contributed by atoms with E-state index in [1.54, 1.807) is 0 Å². The highest BCUT2D eigenvalue weighted by molar-refractivity contribution is 7.09. The average molecular weight is 533 g/mol. The topological polar surface area (TPSA) is 66.0 Å². The lowest BCUT2D eigenvalue weighted by atomic mass is 9.87. The van der Waals surface area contributed by atoms with Gasteiger partial charge in [-0.05, 0) is 48.2 Å². The molecular formula is C30H36N4O3S. The first-order valence-corrected chi connectivity index (χ1v) is 14.3. The second-order valence-electron chi connectivity index (χ2n) is 10.6. The Balaban J connectivity index is 1.32. The van der Waals surface area contributed by atoms with Crippen molar-refractivity contribution in [3.8, 4) is 5.75 Å². The second-order valence-corrected chi connectivity index (χ2v) is 11.6. The quantitative estimate of drug-likeness (QED) is 0.444. The number of hydrogen-bond acceptors (Lipinski definition) is 6. The number of nitrogens with zero attached hydrogens (tertiary/aromatic N) is 4. The summed E-state index contributed by atoms with van der Waals surface area (Å²) in [5.74, 6) is 1.23. The zero-order valence-electron chi connectivity index (χ0n) is 22.4. The van der Waals surface area contributed by atoms with Gasteiger partial charge in [-0.3, -0.25) is 9.59 Å². The fourth-order valence-electron chi connectivity index (χ4n) is 5.20. The largest absolute Gasteiger partial charge is 0.486 e. The van der Waals surface area contributed by atoms with Gasteiger partial charge in [-0.15, -0.1) is 11.3 Å². The SMILES string of the molecule is CC(C)CC(=O)N1CCc2ccc(OCc3nc(C(=O)N4CCN(C)CC4)cs3)cc2C1c1ccccc1.